The Morgan fingerprint density at radius 2 is 1.70 bits per heavy atom. The van der Waals surface area contributed by atoms with Crippen molar-refractivity contribution >= 4 is 15.9 Å². The molecular formula is C17H20N2O3S. The van der Waals surface area contributed by atoms with Crippen molar-refractivity contribution in [2.24, 2.45) is 5.14 Å². The van der Waals surface area contributed by atoms with E-state index in [-0.39, 0.29) is 16.8 Å². The highest BCUT2D eigenvalue weighted by Crippen LogP contribution is 2.13. The summed E-state index contributed by atoms with van der Waals surface area (Å²) in [5, 5.41) is 7.99. The van der Waals surface area contributed by atoms with Crippen molar-refractivity contribution in [1.29, 1.82) is 0 Å². The normalized spacial score (nSPS) is 12.6. The molecule has 2 rings (SSSR count). The molecule has 0 saturated heterocycles. The summed E-state index contributed by atoms with van der Waals surface area (Å²) in [6.07, 6.45) is 0.879. The van der Waals surface area contributed by atoms with Gasteiger partial charge in [-0.2, -0.15) is 0 Å². The maximum atomic E-state index is 12.0. The number of hydrogen-bond acceptors (Lipinski definition) is 3. The van der Waals surface area contributed by atoms with Crippen LogP contribution in [0.15, 0.2) is 59.5 Å². The largest absolute Gasteiger partial charge is 0.350 e. The van der Waals surface area contributed by atoms with Crippen LogP contribution in [0.25, 0.3) is 0 Å². The Hall–Kier alpha value is -2.18. The Kier molecular flexibility index (Phi) is 5.52. The second-order valence-electron chi connectivity index (χ2n) is 5.39. The molecule has 3 N–H and O–H groups in total. The minimum absolute atomic E-state index is 0.0446. The van der Waals surface area contributed by atoms with Crippen molar-refractivity contribution in [3.8, 4) is 0 Å². The van der Waals surface area contributed by atoms with Crippen molar-refractivity contribution < 1.29 is 13.2 Å². The van der Waals surface area contributed by atoms with Crippen LogP contribution in [-0.4, -0.2) is 14.3 Å². The maximum Gasteiger partial charge on any atom is 0.238 e. The smallest absolute Gasteiger partial charge is 0.238 e. The van der Waals surface area contributed by atoms with Gasteiger partial charge in [-0.05, 0) is 36.6 Å². The number of benzene rings is 2. The Balaban J connectivity index is 1.87. The van der Waals surface area contributed by atoms with Gasteiger partial charge < -0.3 is 5.32 Å². The van der Waals surface area contributed by atoms with E-state index in [0.29, 0.717) is 12.8 Å². The van der Waals surface area contributed by atoms with E-state index in [4.69, 9.17) is 5.14 Å². The Morgan fingerprint density at radius 3 is 2.26 bits per heavy atom. The molecule has 2 aromatic rings. The number of carbonyl (C=O) groups is 1. The minimum Gasteiger partial charge on any atom is -0.350 e. The zero-order valence-corrected chi connectivity index (χ0v) is 13.7. The van der Waals surface area contributed by atoms with E-state index in [9.17, 15) is 13.2 Å². The maximum absolute atomic E-state index is 12.0. The molecule has 1 unspecified atom stereocenters. The molecule has 0 aliphatic heterocycles. The first-order chi connectivity index (χ1) is 10.9. The summed E-state index contributed by atoms with van der Waals surface area (Å²) in [5.41, 5.74) is 1.94. The van der Waals surface area contributed by atoms with Gasteiger partial charge in [0, 0.05) is 6.42 Å². The summed E-state index contributed by atoms with van der Waals surface area (Å²) >= 11 is 0. The summed E-state index contributed by atoms with van der Waals surface area (Å²) in [6, 6.07) is 16.0. The first-order valence-electron chi connectivity index (χ1n) is 7.32. The molecule has 0 bridgehead atoms. The van der Waals surface area contributed by atoms with Gasteiger partial charge in [0.15, 0.2) is 0 Å². The number of primary sulfonamides is 1. The molecule has 0 saturated carbocycles. The molecule has 1 amide bonds. The molecule has 0 radical (unpaired) electrons. The standard InChI is InChI=1S/C17H20N2O3S/c1-13(15-5-3-2-4-6-15)19-17(20)12-9-14-7-10-16(11-8-14)23(18,21)22/h2-8,10-11,13H,9,12H2,1H3,(H,19,20)(H2,18,21,22). The number of aryl methyl sites for hydroxylation is 1. The quantitative estimate of drug-likeness (QED) is 0.849. The molecule has 5 nitrogen and oxygen atoms in total. The van der Waals surface area contributed by atoms with Crippen molar-refractivity contribution in [3.05, 3.63) is 65.7 Å². The second-order valence-corrected chi connectivity index (χ2v) is 6.95. The molecule has 23 heavy (non-hydrogen) atoms. The Morgan fingerprint density at radius 1 is 1.09 bits per heavy atom. The highest BCUT2D eigenvalue weighted by molar-refractivity contribution is 7.89. The van der Waals surface area contributed by atoms with Crippen molar-refractivity contribution in [2.45, 2.75) is 30.7 Å². The van der Waals surface area contributed by atoms with Crippen molar-refractivity contribution in [1.82, 2.24) is 5.32 Å². The van der Waals surface area contributed by atoms with E-state index in [1.54, 1.807) is 12.1 Å². The SMILES string of the molecule is CC(NC(=O)CCc1ccc(S(N)(=O)=O)cc1)c1ccccc1. The van der Waals surface area contributed by atoms with E-state index >= 15 is 0 Å². The summed E-state index contributed by atoms with van der Waals surface area (Å²) in [4.78, 5) is 12.1. The predicted octanol–water partition coefficient (Wildman–Crippen LogP) is 2.14. The highest BCUT2D eigenvalue weighted by atomic mass is 32.2. The lowest BCUT2D eigenvalue weighted by Gasteiger charge is -2.14. The highest BCUT2D eigenvalue weighted by Gasteiger charge is 2.10. The third kappa shape index (κ3) is 5.19. The molecule has 0 aliphatic rings. The predicted molar refractivity (Wildman–Crippen MR) is 89.1 cm³/mol. The molecule has 0 heterocycles. The summed E-state index contributed by atoms with van der Waals surface area (Å²) in [7, 11) is -3.68. The van der Waals surface area contributed by atoms with Crippen molar-refractivity contribution in [3.63, 3.8) is 0 Å². The molecule has 1 atom stereocenters. The molecule has 0 fully saturated rings. The van der Waals surface area contributed by atoms with E-state index in [2.05, 4.69) is 5.32 Å². The van der Waals surface area contributed by atoms with Crippen LogP contribution >= 0.6 is 0 Å². The fourth-order valence-corrected chi connectivity index (χ4v) is 2.76. The van der Waals surface area contributed by atoms with Crippen LogP contribution in [0.5, 0.6) is 0 Å². The first kappa shape index (κ1) is 17.2. The number of nitrogens with one attached hydrogen (secondary N) is 1. The van der Waals surface area contributed by atoms with E-state index in [1.165, 1.54) is 12.1 Å². The lowest BCUT2D eigenvalue weighted by atomic mass is 10.1. The van der Waals surface area contributed by atoms with Gasteiger partial charge in [0.25, 0.3) is 0 Å². The monoisotopic (exact) mass is 332 g/mol. The number of hydrogen-bond donors (Lipinski definition) is 2. The van der Waals surface area contributed by atoms with Crippen LogP contribution in [0.3, 0.4) is 0 Å². The van der Waals surface area contributed by atoms with Crippen LogP contribution in [-0.2, 0) is 21.2 Å². The summed E-state index contributed by atoms with van der Waals surface area (Å²) in [5.74, 6) is -0.0446. The average Bonchev–Trinajstić information content (AvgIpc) is 2.53. The third-order valence-electron chi connectivity index (χ3n) is 3.57. The van der Waals surface area contributed by atoms with Gasteiger partial charge in [0.1, 0.15) is 0 Å². The molecule has 0 aromatic heterocycles. The molecule has 0 spiro atoms. The van der Waals surface area contributed by atoms with E-state index in [0.717, 1.165) is 11.1 Å². The van der Waals surface area contributed by atoms with Crippen LogP contribution < -0.4 is 10.5 Å². The first-order valence-corrected chi connectivity index (χ1v) is 8.87. The fraction of sp³-hybridized carbons (Fsp3) is 0.235. The number of rotatable bonds is 6. The van der Waals surface area contributed by atoms with Crippen LogP contribution in [0.4, 0.5) is 0 Å². The lowest BCUT2D eigenvalue weighted by Crippen LogP contribution is -2.26. The zero-order valence-electron chi connectivity index (χ0n) is 12.9. The van der Waals surface area contributed by atoms with Gasteiger partial charge in [-0.3, -0.25) is 4.79 Å². The fourth-order valence-electron chi connectivity index (χ4n) is 2.24. The van der Waals surface area contributed by atoms with Crippen LogP contribution in [0, 0.1) is 0 Å². The molecule has 6 heteroatoms. The van der Waals surface area contributed by atoms with Gasteiger partial charge in [-0.1, -0.05) is 42.5 Å². The third-order valence-corrected chi connectivity index (χ3v) is 4.50. The number of carbonyl (C=O) groups excluding carboxylic acids is 1. The van der Waals surface area contributed by atoms with Crippen LogP contribution in [0.1, 0.15) is 30.5 Å². The van der Waals surface area contributed by atoms with Crippen LogP contribution in [0.2, 0.25) is 0 Å². The molecule has 122 valence electrons. The van der Waals surface area contributed by atoms with Gasteiger partial charge >= 0.3 is 0 Å². The number of amides is 1. The second kappa shape index (κ2) is 7.39. The van der Waals surface area contributed by atoms with Crippen molar-refractivity contribution in [2.75, 3.05) is 0 Å². The number of sulfonamides is 1. The zero-order chi connectivity index (χ0) is 16.9. The van der Waals surface area contributed by atoms with Gasteiger partial charge in [0.05, 0.1) is 10.9 Å². The summed E-state index contributed by atoms with van der Waals surface area (Å²) in [6.45, 7) is 1.94. The van der Waals surface area contributed by atoms with E-state index < -0.39 is 10.0 Å². The topological polar surface area (TPSA) is 89.3 Å². The van der Waals surface area contributed by atoms with E-state index in [1.807, 2.05) is 37.3 Å². The Labute approximate surface area is 136 Å². The number of nitrogens with two attached hydrogens (primary N) is 1. The van der Waals surface area contributed by atoms with Gasteiger partial charge in [0.2, 0.25) is 15.9 Å². The lowest BCUT2D eigenvalue weighted by molar-refractivity contribution is -0.121. The summed E-state index contributed by atoms with van der Waals surface area (Å²) < 4.78 is 22.4. The molecule has 2 aromatic carbocycles. The molecular weight excluding hydrogens is 312 g/mol. The van der Waals surface area contributed by atoms with Gasteiger partial charge in [-0.25, -0.2) is 13.6 Å². The van der Waals surface area contributed by atoms with Gasteiger partial charge in [-0.15, -0.1) is 0 Å². The minimum atomic E-state index is -3.68. The average molecular weight is 332 g/mol. The Bertz CT molecular complexity index is 756. The molecule has 0 aliphatic carbocycles.